The van der Waals surface area contributed by atoms with Gasteiger partial charge in [-0.15, -0.1) is 0 Å². The molecule has 2 aromatic rings. The molecule has 0 aliphatic carbocycles. The number of amides is 1. The molecule has 1 atom stereocenters. The number of carbonyl (C=O) groups excluding carboxylic acids is 1. The van der Waals surface area contributed by atoms with Crippen molar-refractivity contribution in [3.8, 4) is 0 Å². The molecular weight excluding hydrogens is 272 g/mol. The van der Waals surface area contributed by atoms with Crippen molar-refractivity contribution in [2.75, 3.05) is 12.3 Å². The fourth-order valence-electron chi connectivity index (χ4n) is 3.15. The van der Waals surface area contributed by atoms with E-state index in [9.17, 15) is 4.79 Å². The van der Waals surface area contributed by atoms with Crippen LogP contribution in [0.2, 0.25) is 0 Å². The number of hydrogen-bond acceptors (Lipinski definition) is 2. The van der Waals surface area contributed by atoms with Gasteiger partial charge in [-0.3, -0.25) is 4.79 Å². The highest BCUT2D eigenvalue weighted by atomic mass is 16.2. The van der Waals surface area contributed by atoms with Gasteiger partial charge < -0.3 is 10.6 Å². The lowest BCUT2D eigenvalue weighted by Crippen LogP contribution is -2.36. The van der Waals surface area contributed by atoms with Gasteiger partial charge in [0, 0.05) is 23.8 Å². The van der Waals surface area contributed by atoms with Crippen LogP contribution in [0.25, 0.3) is 0 Å². The van der Waals surface area contributed by atoms with E-state index in [-0.39, 0.29) is 11.9 Å². The van der Waals surface area contributed by atoms with Gasteiger partial charge in [0.25, 0.3) is 5.91 Å². The number of benzene rings is 2. The molecule has 1 fully saturated rings. The third-order valence-electron chi connectivity index (χ3n) is 4.36. The van der Waals surface area contributed by atoms with Crippen LogP contribution in [0.1, 0.15) is 34.3 Å². The standard InChI is InChI=1S/C19H22N2O/c1-14-7-9-15(10-8-14)12-18-6-3-11-21(18)19(22)16-4-2-5-17(20)13-16/h2,4-5,7-10,13,18H,3,6,11-12,20H2,1H3. The molecule has 3 nitrogen and oxygen atoms in total. The van der Waals surface area contributed by atoms with Gasteiger partial charge in [-0.2, -0.15) is 0 Å². The number of hydrogen-bond donors (Lipinski definition) is 1. The Morgan fingerprint density at radius 1 is 1.23 bits per heavy atom. The van der Waals surface area contributed by atoms with Crippen LogP contribution in [-0.2, 0) is 6.42 Å². The second-order valence-corrected chi connectivity index (χ2v) is 6.11. The van der Waals surface area contributed by atoms with Crippen molar-refractivity contribution < 1.29 is 4.79 Å². The fourth-order valence-corrected chi connectivity index (χ4v) is 3.15. The Bertz CT molecular complexity index is 663. The lowest BCUT2D eigenvalue weighted by molar-refractivity contribution is 0.0736. The molecule has 0 spiro atoms. The van der Waals surface area contributed by atoms with E-state index in [2.05, 4.69) is 31.2 Å². The van der Waals surface area contributed by atoms with Crippen LogP contribution >= 0.6 is 0 Å². The summed E-state index contributed by atoms with van der Waals surface area (Å²) < 4.78 is 0. The molecule has 1 amide bonds. The molecule has 1 aliphatic heterocycles. The van der Waals surface area contributed by atoms with E-state index < -0.39 is 0 Å². The topological polar surface area (TPSA) is 46.3 Å². The Kier molecular flexibility index (Phi) is 4.14. The second-order valence-electron chi connectivity index (χ2n) is 6.11. The lowest BCUT2D eigenvalue weighted by Gasteiger charge is -2.25. The summed E-state index contributed by atoms with van der Waals surface area (Å²) in [5.41, 5.74) is 9.69. The number of nitrogens with two attached hydrogens (primary N) is 1. The number of likely N-dealkylation sites (tertiary alicyclic amines) is 1. The number of anilines is 1. The van der Waals surface area contributed by atoms with Gasteiger partial charge in [0.05, 0.1) is 0 Å². The molecule has 0 bridgehead atoms. The van der Waals surface area contributed by atoms with E-state index >= 15 is 0 Å². The summed E-state index contributed by atoms with van der Waals surface area (Å²) in [4.78, 5) is 14.7. The van der Waals surface area contributed by atoms with E-state index in [0.29, 0.717) is 11.3 Å². The summed E-state index contributed by atoms with van der Waals surface area (Å²) in [7, 11) is 0. The number of aryl methyl sites for hydroxylation is 1. The Morgan fingerprint density at radius 3 is 2.73 bits per heavy atom. The fraction of sp³-hybridized carbons (Fsp3) is 0.316. The van der Waals surface area contributed by atoms with Gasteiger partial charge in [0.15, 0.2) is 0 Å². The maximum absolute atomic E-state index is 12.7. The minimum Gasteiger partial charge on any atom is -0.399 e. The molecule has 22 heavy (non-hydrogen) atoms. The maximum Gasteiger partial charge on any atom is 0.254 e. The molecule has 0 radical (unpaired) electrons. The zero-order valence-electron chi connectivity index (χ0n) is 13.0. The van der Waals surface area contributed by atoms with Crippen molar-refractivity contribution in [3.05, 3.63) is 65.2 Å². The Morgan fingerprint density at radius 2 is 2.00 bits per heavy atom. The Hall–Kier alpha value is -2.29. The minimum absolute atomic E-state index is 0.0990. The van der Waals surface area contributed by atoms with Crippen LogP contribution in [0.3, 0.4) is 0 Å². The molecule has 1 unspecified atom stereocenters. The highest BCUT2D eigenvalue weighted by Gasteiger charge is 2.29. The summed E-state index contributed by atoms with van der Waals surface area (Å²) >= 11 is 0. The normalized spacial score (nSPS) is 17.7. The van der Waals surface area contributed by atoms with Gasteiger partial charge in [-0.25, -0.2) is 0 Å². The van der Waals surface area contributed by atoms with Crippen LogP contribution in [0.4, 0.5) is 5.69 Å². The molecule has 0 saturated carbocycles. The van der Waals surface area contributed by atoms with E-state index in [1.807, 2.05) is 23.1 Å². The zero-order valence-corrected chi connectivity index (χ0v) is 13.0. The average molecular weight is 294 g/mol. The number of rotatable bonds is 3. The van der Waals surface area contributed by atoms with Crippen molar-refractivity contribution >= 4 is 11.6 Å². The van der Waals surface area contributed by atoms with Crippen LogP contribution < -0.4 is 5.73 Å². The molecule has 114 valence electrons. The van der Waals surface area contributed by atoms with Crippen molar-refractivity contribution in [1.29, 1.82) is 0 Å². The SMILES string of the molecule is Cc1ccc(CC2CCCN2C(=O)c2cccc(N)c2)cc1. The van der Waals surface area contributed by atoms with Gasteiger partial charge in [0.2, 0.25) is 0 Å². The molecule has 3 heteroatoms. The summed E-state index contributed by atoms with van der Waals surface area (Å²) in [6.07, 6.45) is 3.07. The van der Waals surface area contributed by atoms with Crippen LogP contribution in [-0.4, -0.2) is 23.4 Å². The molecule has 2 aromatic carbocycles. The monoisotopic (exact) mass is 294 g/mol. The number of nitrogen functional groups attached to an aromatic ring is 1. The van der Waals surface area contributed by atoms with Gasteiger partial charge in [-0.1, -0.05) is 35.9 Å². The zero-order chi connectivity index (χ0) is 15.5. The summed E-state index contributed by atoms with van der Waals surface area (Å²) in [6.45, 7) is 2.93. The quantitative estimate of drug-likeness (QED) is 0.882. The van der Waals surface area contributed by atoms with E-state index in [1.165, 1.54) is 11.1 Å². The maximum atomic E-state index is 12.7. The molecule has 1 aliphatic rings. The molecule has 0 aromatic heterocycles. The first-order valence-electron chi connectivity index (χ1n) is 7.85. The Balaban J connectivity index is 1.75. The molecule has 1 saturated heterocycles. The van der Waals surface area contributed by atoms with Gasteiger partial charge >= 0.3 is 0 Å². The molecule has 3 rings (SSSR count). The predicted molar refractivity (Wildman–Crippen MR) is 89.8 cm³/mol. The van der Waals surface area contributed by atoms with Gasteiger partial charge in [0.1, 0.15) is 0 Å². The summed E-state index contributed by atoms with van der Waals surface area (Å²) in [5, 5.41) is 0. The number of nitrogens with zero attached hydrogens (tertiary/aromatic N) is 1. The highest BCUT2D eigenvalue weighted by Crippen LogP contribution is 2.24. The molecule has 1 heterocycles. The van der Waals surface area contributed by atoms with Crippen molar-refractivity contribution in [2.45, 2.75) is 32.2 Å². The van der Waals surface area contributed by atoms with E-state index in [4.69, 9.17) is 5.73 Å². The van der Waals surface area contributed by atoms with Crippen LogP contribution in [0.5, 0.6) is 0 Å². The first kappa shape index (κ1) is 14.6. The van der Waals surface area contributed by atoms with E-state index in [1.54, 1.807) is 6.07 Å². The first-order chi connectivity index (χ1) is 10.6. The van der Waals surface area contributed by atoms with Crippen molar-refractivity contribution in [2.24, 2.45) is 0 Å². The van der Waals surface area contributed by atoms with Crippen LogP contribution in [0, 0.1) is 6.92 Å². The van der Waals surface area contributed by atoms with E-state index in [0.717, 1.165) is 25.8 Å². The average Bonchev–Trinajstić information content (AvgIpc) is 2.97. The molecule has 2 N–H and O–H groups in total. The first-order valence-corrected chi connectivity index (χ1v) is 7.85. The largest absolute Gasteiger partial charge is 0.399 e. The lowest BCUT2D eigenvalue weighted by atomic mass is 10.0. The Labute approximate surface area is 131 Å². The predicted octanol–water partition coefficient (Wildman–Crippen LogP) is 3.42. The summed E-state index contributed by atoms with van der Waals surface area (Å²) in [6, 6.07) is 16.1. The smallest absolute Gasteiger partial charge is 0.254 e. The third kappa shape index (κ3) is 3.14. The summed E-state index contributed by atoms with van der Waals surface area (Å²) in [5.74, 6) is 0.0990. The van der Waals surface area contributed by atoms with Crippen LogP contribution in [0.15, 0.2) is 48.5 Å². The van der Waals surface area contributed by atoms with Gasteiger partial charge in [-0.05, 0) is 49.9 Å². The minimum atomic E-state index is 0.0990. The second kappa shape index (κ2) is 6.22. The highest BCUT2D eigenvalue weighted by molar-refractivity contribution is 5.95. The molecular formula is C19H22N2O. The number of carbonyl (C=O) groups is 1. The van der Waals surface area contributed by atoms with Crippen molar-refractivity contribution in [1.82, 2.24) is 4.90 Å². The third-order valence-corrected chi connectivity index (χ3v) is 4.36. The van der Waals surface area contributed by atoms with Crippen molar-refractivity contribution in [3.63, 3.8) is 0 Å².